The molecule has 2 nitrogen and oxygen atoms in total. The van der Waals surface area contributed by atoms with Crippen molar-refractivity contribution in [2.45, 2.75) is 0 Å². The maximum atomic E-state index is 11.0. The molecule has 0 aliphatic rings. The van der Waals surface area contributed by atoms with Crippen molar-refractivity contribution < 1.29 is 9.90 Å². The molecule has 0 atom stereocenters. The molecule has 0 spiro atoms. The second-order valence-electron chi connectivity index (χ2n) is 2.44. The lowest BCUT2D eigenvalue weighted by Crippen LogP contribution is -2.05. The summed E-state index contributed by atoms with van der Waals surface area (Å²) in [6.45, 7) is 3.40. The molecule has 1 aromatic carbocycles. The van der Waals surface area contributed by atoms with E-state index in [0.29, 0.717) is 5.57 Å². The van der Waals surface area contributed by atoms with Crippen LogP contribution in [-0.2, 0) is 4.79 Å². The van der Waals surface area contributed by atoms with E-state index in [1.165, 1.54) is 0 Å². The van der Waals surface area contributed by atoms with Crippen molar-refractivity contribution in [3.63, 3.8) is 0 Å². The van der Waals surface area contributed by atoms with Gasteiger partial charge in [-0.25, -0.2) is 0 Å². The van der Waals surface area contributed by atoms with Crippen molar-refractivity contribution in [1.82, 2.24) is 0 Å². The largest absolute Gasteiger partial charge is 0.439 e. The van der Waals surface area contributed by atoms with E-state index < -0.39 is 0 Å². The summed E-state index contributed by atoms with van der Waals surface area (Å²) in [5, 5.41) is 6.88. The third-order valence-electron chi connectivity index (χ3n) is 1.62. The first-order valence-electron chi connectivity index (χ1n) is 3.68. The Labute approximate surface area is 71.2 Å². The first-order chi connectivity index (χ1) is 5.75. The van der Waals surface area contributed by atoms with Gasteiger partial charge >= 0.3 is 0 Å². The third-order valence-corrected chi connectivity index (χ3v) is 1.62. The molecule has 0 aliphatic heterocycles. The number of Topliss-reactive ketones (excluding diaryl/α,β-unsaturated/α-hetero) is 1. The van der Waals surface area contributed by atoms with E-state index in [4.69, 9.17) is 5.11 Å². The molecule has 2 heteroatoms. The second-order valence-corrected chi connectivity index (χ2v) is 2.44. The van der Waals surface area contributed by atoms with Gasteiger partial charge in [0.15, 0.2) is 0 Å². The Balaban J connectivity index is 2.86. The first kappa shape index (κ1) is 8.68. The van der Waals surface area contributed by atoms with E-state index in [2.05, 4.69) is 6.58 Å². The zero-order valence-electron chi connectivity index (χ0n) is 6.71. The highest BCUT2D eigenvalue weighted by atomic mass is 16.3. The number of benzene rings is 1. The summed E-state index contributed by atoms with van der Waals surface area (Å²) in [7, 11) is 0. The fourth-order valence-corrected chi connectivity index (χ4v) is 0.907. The van der Waals surface area contributed by atoms with E-state index in [9.17, 15) is 4.79 Å². The number of rotatable bonds is 3. The summed E-state index contributed by atoms with van der Waals surface area (Å²) in [5.74, 6) is -0.221. The molecule has 0 radical (unpaired) electrons. The van der Waals surface area contributed by atoms with Crippen LogP contribution in [0.2, 0.25) is 0 Å². The molecule has 0 aliphatic carbocycles. The minimum absolute atomic E-state index is 0.221. The molecule has 62 valence electrons. The van der Waals surface area contributed by atoms with Gasteiger partial charge in [-0.3, -0.25) is 4.79 Å². The number of ketones is 1. The van der Waals surface area contributed by atoms with Gasteiger partial charge in [0.2, 0.25) is 12.4 Å². The van der Waals surface area contributed by atoms with Crippen LogP contribution in [0.15, 0.2) is 36.9 Å². The average molecular weight is 163 g/mol. The molecule has 0 saturated heterocycles. The van der Waals surface area contributed by atoms with Crippen molar-refractivity contribution in [3.05, 3.63) is 42.5 Å². The Hall–Kier alpha value is -1.41. The van der Waals surface area contributed by atoms with Crippen LogP contribution in [-0.4, -0.2) is 17.5 Å². The summed E-state index contributed by atoms with van der Waals surface area (Å²) < 4.78 is 0. The lowest BCUT2D eigenvalue weighted by molar-refractivity contribution is -0.116. The molecule has 0 unspecified atom stereocenters. The van der Waals surface area contributed by atoms with Gasteiger partial charge in [-0.2, -0.15) is 0 Å². The summed E-state index contributed by atoms with van der Waals surface area (Å²) in [6, 6.07) is 9.20. The molecule has 1 aromatic rings. The Bertz CT molecular complexity index is 288. The minimum atomic E-state index is -0.228. The molecule has 0 fully saturated rings. The van der Waals surface area contributed by atoms with Crippen LogP contribution >= 0.6 is 0 Å². The van der Waals surface area contributed by atoms with Crippen LogP contribution in [0, 0.1) is 0 Å². The van der Waals surface area contributed by atoms with Crippen molar-refractivity contribution in [2.75, 3.05) is 6.61 Å². The van der Waals surface area contributed by atoms with Crippen molar-refractivity contribution in [2.24, 2.45) is 0 Å². The Morgan fingerprint density at radius 1 is 1.33 bits per heavy atom. The van der Waals surface area contributed by atoms with Crippen molar-refractivity contribution in [1.29, 1.82) is 0 Å². The van der Waals surface area contributed by atoms with E-state index in [1.807, 2.05) is 30.3 Å². The van der Waals surface area contributed by atoms with E-state index >= 15 is 0 Å². The highest BCUT2D eigenvalue weighted by molar-refractivity contribution is 6.20. The normalized spacial score (nSPS) is 9.42. The fourth-order valence-electron chi connectivity index (χ4n) is 0.907. The zero-order valence-corrected chi connectivity index (χ0v) is 6.71. The molecule has 2 N–H and O–H groups in total. The van der Waals surface area contributed by atoms with E-state index in [-0.39, 0.29) is 12.4 Å². The molecular formula is C10H11O2+. The lowest BCUT2D eigenvalue weighted by atomic mass is 10.0. The molecule has 0 aromatic heterocycles. The number of carbonyl (C=O) groups excluding carboxylic acids is 1. The van der Waals surface area contributed by atoms with Crippen LogP contribution in [0.5, 0.6) is 0 Å². The van der Waals surface area contributed by atoms with E-state index in [1.54, 1.807) is 0 Å². The third kappa shape index (κ3) is 1.80. The molecular weight excluding hydrogens is 152 g/mol. The first-order valence-corrected chi connectivity index (χ1v) is 3.68. The predicted molar refractivity (Wildman–Crippen MR) is 49.0 cm³/mol. The van der Waals surface area contributed by atoms with Crippen LogP contribution in [0.3, 0.4) is 0 Å². The highest BCUT2D eigenvalue weighted by Gasteiger charge is 2.08. The SMILES string of the molecule is C=C(C(=O)C[OH2+])c1ccccc1. The summed E-state index contributed by atoms with van der Waals surface area (Å²) >= 11 is 0. The molecule has 1 rings (SSSR count). The number of hydrogen-bond donors (Lipinski definition) is 0. The van der Waals surface area contributed by atoms with Crippen LogP contribution < -0.4 is 0 Å². The standard InChI is InChI=1S/C10H10O2/c1-8(10(12)7-11)9-5-3-2-4-6-9/h2-6,11H,1,7H2/p+1. The second kappa shape index (κ2) is 3.83. The highest BCUT2D eigenvalue weighted by Crippen LogP contribution is 2.11. The fraction of sp³-hybridized carbons (Fsp3) is 0.100. The number of carbonyl (C=O) groups is 1. The van der Waals surface area contributed by atoms with Gasteiger partial charge in [-0.05, 0) is 5.56 Å². The van der Waals surface area contributed by atoms with E-state index in [0.717, 1.165) is 5.56 Å². The maximum absolute atomic E-state index is 11.0. The van der Waals surface area contributed by atoms with Gasteiger partial charge in [0, 0.05) is 5.57 Å². The molecule has 12 heavy (non-hydrogen) atoms. The maximum Gasteiger partial charge on any atom is 0.237 e. The quantitative estimate of drug-likeness (QED) is 0.484. The minimum Gasteiger partial charge on any atom is -0.439 e. The molecule has 0 bridgehead atoms. The average Bonchev–Trinajstić information content (AvgIpc) is 2.17. The smallest absolute Gasteiger partial charge is 0.237 e. The van der Waals surface area contributed by atoms with Gasteiger partial charge in [0.25, 0.3) is 0 Å². The van der Waals surface area contributed by atoms with Gasteiger partial charge in [-0.15, -0.1) is 0 Å². The van der Waals surface area contributed by atoms with Gasteiger partial charge < -0.3 is 5.11 Å². The Kier molecular flexibility index (Phi) is 2.77. The Morgan fingerprint density at radius 3 is 2.42 bits per heavy atom. The van der Waals surface area contributed by atoms with Crippen LogP contribution in [0.1, 0.15) is 5.56 Å². The number of hydrogen-bond acceptors (Lipinski definition) is 1. The molecule has 0 amide bonds. The van der Waals surface area contributed by atoms with Gasteiger partial charge in [0.1, 0.15) is 0 Å². The van der Waals surface area contributed by atoms with Gasteiger partial charge in [0.05, 0.1) is 0 Å². The van der Waals surface area contributed by atoms with Crippen molar-refractivity contribution >= 4 is 11.4 Å². The molecule has 0 saturated carbocycles. The zero-order chi connectivity index (χ0) is 8.97. The summed E-state index contributed by atoms with van der Waals surface area (Å²) in [4.78, 5) is 11.0. The monoisotopic (exact) mass is 163 g/mol. The summed E-state index contributed by atoms with van der Waals surface area (Å²) in [6.07, 6.45) is 0. The Morgan fingerprint density at radius 2 is 1.92 bits per heavy atom. The van der Waals surface area contributed by atoms with Crippen LogP contribution in [0.4, 0.5) is 0 Å². The lowest BCUT2D eigenvalue weighted by Gasteiger charge is -1.99. The summed E-state index contributed by atoms with van der Waals surface area (Å²) in [5.41, 5.74) is 1.22. The predicted octanol–water partition coefficient (Wildman–Crippen LogP) is 0.994. The van der Waals surface area contributed by atoms with Crippen molar-refractivity contribution in [3.8, 4) is 0 Å². The topological polar surface area (TPSA) is 40.0 Å². The molecule has 0 heterocycles. The van der Waals surface area contributed by atoms with Crippen LogP contribution in [0.25, 0.3) is 5.57 Å². The van der Waals surface area contributed by atoms with Gasteiger partial charge in [-0.1, -0.05) is 36.9 Å².